The van der Waals surface area contributed by atoms with Crippen LogP contribution in [0.1, 0.15) is 81.7 Å². The average Bonchev–Trinajstić information content (AvgIpc) is 3.58. The first-order valence-electron chi connectivity index (χ1n) is 13.7. The molecule has 2 heterocycles. The third-order valence-corrected chi connectivity index (χ3v) is 10.6. The highest BCUT2D eigenvalue weighted by atomic mass is 35.5. The Bertz CT molecular complexity index is 1240. The van der Waals surface area contributed by atoms with Crippen molar-refractivity contribution in [3.63, 3.8) is 0 Å². The van der Waals surface area contributed by atoms with Crippen molar-refractivity contribution in [2.24, 2.45) is 11.8 Å². The molecule has 0 aliphatic heterocycles. The standard InChI is InChI=1S/C26H37ClN4O6S3/c1-37-26(33)30-19(13-16-5-3-2-4-6-16)24(32)28-20(14-17-7-9-18(10-8-17)31-40(34,35)36)25-29-21(15-38-25)22-11-12-23(27)39-22/h11-12,15-20,31H,2-10,13-14H2,1H3,(H,28,32)(H,30,33)(H,34,35,36)/t17?,18?,19-,20-/m0/s1. The molecule has 0 bridgehead atoms. The number of rotatable bonds is 11. The summed E-state index contributed by atoms with van der Waals surface area (Å²) in [7, 11) is -2.96. The number of carbonyl (C=O) groups excluding carboxylic acids is 2. The average molecular weight is 633 g/mol. The van der Waals surface area contributed by atoms with Gasteiger partial charge in [0.1, 0.15) is 11.0 Å². The van der Waals surface area contributed by atoms with Crippen LogP contribution in [0.4, 0.5) is 4.79 Å². The topological polar surface area (TPSA) is 147 Å². The Kier molecular flexibility index (Phi) is 11.2. The number of ether oxygens (including phenoxy) is 1. The maximum atomic E-state index is 13.7. The van der Waals surface area contributed by atoms with Crippen molar-refractivity contribution in [3.8, 4) is 10.6 Å². The number of hydrogen-bond donors (Lipinski definition) is 4. The molecule has 2 aromatic heterocycles. The van der Waals surface area contributed by atoms with Gasteiger partial charge in [-0.2, -0.15) is 13.1 Å². The number of amides is 2. The third-order valence-electron chi connectivity index (χ3n) is 7.78. The summed E-state index contributed by atoms with van der Waals surface area (Å²) in [6.07, 6.45) is 8.74. The first-order chi connectivity index (χ1) is 19.1. The minimum Gasteiger partial charge on any atom is -0.453 e. The van der Waals surface area contributed by atoms with Gasteiger partial charge in [-0.15, -0.1) is 22.7 Å². The number of aromatic nitrogens is 1. The van der Waals surface area contributed by atoms with E-state index in [1.54, 1.807) is 0 Å². The maximum absolute atomic E-state index is 13.7. The SMILES string of the molecule is COC(=O)N[C@@H](CC1CCCCC1)C(=O)N[C@@H](CC1CCC(NS(=O)(=O)O)CC1)c1nc(-c2ccc(Cl)s2)cs1. The molecule has 2 aromatic rings. The molecule has 0 saturated heterocycles. The van der Waals surface area contributed by atoms with E-state index in [0.717, 1.165) is 54.1 Å². The van der Waals surface area contributed by atoms with E-state index in [1.807, 2.05) is 17.5 Å². The lowest BCUT2D eigenvalue weighted by molar-refractivity contribution is -0.124. The molecular formula is C26H37ClN4O6S3. The molecule has 2 saturated carbocycles. The van der Waals surface area contributed by atoms with E-state index in [4.69, 9.17) is 25.9 Å². The number of halogens is 1. The van der Waals surface area contributed by atoms with E-state index in [-0.39, 0.29) is 23.9 Å². The van der Waals surface area contributed by atoms with Crippen molar-refractivity contribution in [2.75, 3.05) is 7.11 Å². The highest BCUT2D eigenvalue weighted by Crippen LogP contribution is 2.37. The van der Waals surface area contributed by atoms with E-state index in [9.17, 15) is 18.0 Å². The Morgan fingerprint density at radius 1 is 1.07 bits per heavy atom. The lowest BCUT2D eigenvalue weighted by atomic mass is 9.82. The van der Waals surface area contributed by atoms with Gasteiger partial charge in [-0.05, 0) is 62.5 Å². The highest BCUT2D eigenvalue weighted by Gasteiger charge is 2.32. The molecule has 4 rings (SSSR count). The van der Waals surface area contributed by atoms with Crippen LogP contribution in [0.15, 0.2) is 17.5 Å². The fourth-order valence-corrected chi connectivity index (χ4v) is 8.37. The van der Waals surface area contributed by atoms with Crippen molar-refractivity contribution >= 4 is 56.6 Å². The molecule has 40 heavy (non-hydrogen) atoms. The first-order valence-corrected chi connectivity index (χ1v) is 17.2. The first kappa shape index (κ1) is 31.2. The second-order valence-corrected chi connectivity index (χ2v) is 14.5. The van der Waals surface area contributed by atoms with Gasteiger partial charge in [-0.1, -0.05) is 43.7 Å². The zero-order valence-corrected chi connectivity index (χ0v) is 25.6. The van der Waals surface area contributed by atoms with Gasteiger partial charge in [-0.3, -0.25) is 9.35 Å². The molecule has 0 spiro atoms. The summed E-state index contributed by atoms with van der Waals surface area (Å²) >= 11 is 9.04. The fraction of sp³-hybridized carbons (Fsp3) is 0.654. The second-order valence-electron chi connectivity index (χ2n) is 10.7. The van der Waals surface area contributed by atoms with Crippen LogP contribution >= 0.6 is 34.3 Å². The normalized spacial score (nSPS) is 21.9. The molecule has 222 valence electrons. The quantitative estimate of drug-likeness (QED) is 0.232. The van der Waals surface area contributed by atoms with E-state index < -0.39 is 22.4 Å². The van der Waals surface area contributed by atoms with Crippen molar-refractivity contribution in [2.45, 2.75) is 88.8 Å². The molecule has 2 aliphatic carbocycles. The minimum atomic E-state index is -4.25. The van der Waals surface area contributed by atoms with Gasteiger partial charge >= 0.3 is 16.4 Å². The van der Waals surface area contributed by atoms with Crippen LogP contribution in [-0.4, -0.2) is 49.1 Å². The van der Waals surface area contributed by atoms with Crippen LogP contribution < -0.4 is 15.4 Å². The monoisotopic (exact) mass is 632 g/mol. The predicted octanol–water partition coefficient (Wildman–Crippen LogP) is 5.72. The predicted molar refractivity (Wildman–Crippen MR) is 157 cm³/mol. The summed E-state index contributed by atoms with van der Waals surface area (Å²) < 4.78 is 39.4. The molecule has 2 amide bonds. The van der Waals surface area contributed by atoms with E-state index in [1.165, 1.54) is 36.2 Å². The Labute approximate surface area is 248 Å². The Hall–Kier alpha value is -1.77. The zero-order valence-electron chi connectivity index (χ0n) is 22.4. The van der Waals surface area contributed by atoms with Crippen molar-refractivity contribution in [3.05, 3.63) is 26.9 Å². The van der Waals surface area contributed by atoms with Crippen LogP contribution in [-0.2, 0) is 19.8 Å². The van der Waals surface area contributed by atoms with Crippen LogP contribution in [0.5, 0.6) is 0 Å². The van der Waals surface area contributed by atoms with Gasteiger partial charge in [0.25, 0.3) is 0 Å². The van der Waals surface area contributed by atoms with Gasteiger partial charge in [0.05, 0.1) is 28.1 Å². The summed E-state index contributed by atoms with van der Waals surface area (Å²) in [5, 5.41) is 8.65. The highest BCUT2D eigenvalue weighted by molar-refractivity contribution is 7.83. The molecular weight excluding hydrogens is 596 g/mol. The smallest absolute Gasteiger partial charge is 0.407 e. The molecule has 2 aliphatic rings. The number of nitrogens with one attached hydrogen (secondary N) is 3. The number of carbonyl (C=O) groups is 2. The van der Waals surface area contributed by atoms with Crippen molar-refractivity contribution < 1.29 is 27.3 Å². The summed E-state index contributed by atoms with van der Waals surface area (Å²) in [5.41, 5.74) is 0.795. The van der Waals surface area contributed by atoms with E-state index >= 15 is 0 Å². The third kappa shape index (κ3) is 9.38. The van der Waals surface area contributed by atoms with Gasteiger partial charge in [0, 0.05) is 11.4 Å². The Balaban J connectivity index is 1.50. The van der Waals surface area contributed by atoms with Gasteiger partial charge in [-0.25, -0.2) is 9.78 Å². The van der Waals surface area contributed by atoms with Crippen molar-refractivity contribution in [1.29, 1.82) is 0 Å². The molecule has 4 N–H and O–H groups in total. The summed E-state index contributed by atoms with van der Waals surface area (Å²) in [5.74, 6) is 0.318. The van der Waals surface area contributed by atoms with Crippen LogP contribution in [0.25, 0.3) is 10.6 Å². The number of alkyl carbamates (subject to hydrolysis) is 1. The number of nitrogens with zero attached hydrogens (tertiary/aromatic N) is 1. The largest absolute Gasteiger partial charge is 0.453 e. The molecule has 0 radical (unpaired) electrons. The summed E-state index contributed by atoms with van der Waals surface area (Å²) in [6.45, 7) is 0. The minimum absolute atomic E-state index is 0.221. The lowest BCUT2D eigenvalue weighted by Crippen LogP contribution is -2.49. The van der Waals surface area contributed by atoms with Gasteiger partial charge < -0.3 is 15.4 Å². The molecule has 14 heteroatoms. The second kappa shape index (κ2) is 14.4. The Morgan fingerprint density at radius 2 is 1.77 bits per heavy atom. The van der Waals surface area contributed by atoms with Gasteiger partial charge in [0.2, 0.25) is 5.91 Å². The van der Waals surface area contributed by atoms with Crippen LogP contribution in [0.3, 0.4) is 0 Å². The molecule has 0 unspecified atom stereocenters. The summed E-state index contributed by atoms with van der Waals surface area (Å²) in [6, 6.07) is 2.34. The van der Waals surface area contributed by atoms with Gasteiger partial charge in [0.15, 0.2) is 0 Å². The lowest BCUT2D eigenvalue weighted by Gasteiger charge is -2.31. The fourth-order valence-electron chi connectivity index (χ4n) is 5.76. The van der Waals surface area contributed by atoms with Crippen LogP contribution in [0.2, 0.25) is 4.34 Å². The molecule has 2 atom stereocenters. The van der Waals surface area contributed by atoms with Crippen molar-refractivity contribution in [1.82, 2.24) is 20.3 Å². The molecule has 0 aromatic carbocycles. The Morgan fingerprint density at radius 3 is 2.40 bits per heavy atom. The molecule has 2 fully saturated rings. The molecule has 10 nitrogen and oxygen atoms in total. The number of hydrogen-bond acceptors (Lipinski definition) is 8. The van der Waals surface area contributed by atoms with E-state index in [2.05, 4.69) is 15.4 Å². The number of thiophene rings is 1. The number of thiazole rings is 1. The maximum Gasteiger partial charge on any atom is 0.407 e. The number of methoxy groups -OCH3 is 1. The summed E-state index contributed by atoms with van der Waals surface area (Å²) in [4.78, 5) is 31.6. The van der Waals surface area contributed by atoms with Crippen LogP contribution in [0, 0.1) is 11.8 Å². The zero-order chi connectivity index (χ0) is 28.7. The van der Waals surface area contributed by atoms with E-state index in [0.29, 0.717) is 35.9 Å².